The molecule has 0 spiro atoms. The van der Waals surface area contributed by atoms with E-state index in [9.17, 15) is 4.79 Å². The number of hydrogen-bond donors (Lipinski definition) is 0. The summed E-state index contributed by atoms with van der Waals surface area (Å²) in [6.07, 6.45) is 2.08. The molecule has 0 unspecified atom stereocenters. The maximum absolute atomic E-state index is 12.7. The van der Waals surface area contributed by atoms with Gasteiger partial charge in [-0.05, 0) is 24.5 Å². The molecule has 122 valence electrons. The molecule has 5 nitrogen and oxygen atoms in total. The number of amides is 1. The first-order valence-electron chi connectivity index (χ1n) is 7.84. The van der Waals surface area contributed by atoms with Gasteiger partial charge in [-0.2, -0.15) is 0 Å². The Kier molecular flexibility index (Phi) is 6.83. The van der Waals surface area contributed by atoms with Crippen molar-refractivity contribution in [2.24, 2.45) is 0 Å². The van der Waals surface area contributed by atoms with Gasteiger partial charge in [0.2, 0.25) is 5.91 Å². The number of methoxy groups -OCH3 is 2. The van der Waals surface area contributed by atoms with Gasteiger partial charge in [0.25, 0.3) is 0 Å². The number of benzene rings is 1. The van der Waals surface area contributed by atoms with Gasteiger partial charge in [-0.3, -0.25) is 9.69 Å². The second-order valence-electron chi connectivity index (χ2n) is 5.54. The number of fused-ring (bicyclic) bond motifs is 1. The Bertz CT molecular complexity index is 471. The van der Waals surface area contributed by atoms with Crippen LogP contribution in [-0.2, 0) is 20.7 Å². The molecular weight excluding hydrogens is 280 g/mol. The minimum atomic E-state index is 0.152. The molecule has 0 saturated heterocycles. The summed E-state index contributed by atoms with van der Waals surface area (Å²) in [4.78, 5) is 16.7. The molecule has 1 heterocycles. The van der Waals surface area contributed by atoms with Crippen LogP contribution in [0.1, 0.15) is 12.0 Å². The van der Waals surface area contributed by atoms with Crippen LogP contribution in [0.3, 0.4) is 0 Å². The lowest BCUT2D eigenvalue weighted by Gasteiger charge is -2.31. The van der Waals surface area contributed by atoms with Crippen molar-refractivity contribution in [2.45, 2.75) is 12.8 Å². The highest BCUT2D eigenvalue weighted by Crippen LogP contribution is 2.26. The van der Waals surface area contributed by atoms with Gasteiger partial charge in [-0.25, -0.2) is 0 Å². The van der Waals surface area contributed by atoms with E-state index in [0.717, 1.165) is 38.2 Å². The quantitative estimate of drug-likeness (QED) is 0.731. The molecular formula is C17H26N2O3. The van der Waals surface area contributed by atoms with Crippen LogP contribution < -0.4 is 4.90 Å². The first-order valence-corrected chi connectivity index (χ1v) is 7.84. The van der Waals surface area contributed by atoms with Gasteiger partial charge in [0.05, 0.1) is 19.8 Å². The number of aryl methyl sites for hydroxylation is 1. The van der Waals surface area contributed by atoms with Crippen LogP contribution in [0.4, 0.5) is 5.69 Å². The zero-order chi connectivity index (χ0) is 15.8. The Labute approximate surface area is 132 Å². The number of carbonyl (C=O) groups is 1. The standard InChI is InChI=1S/C17H26N2O3/c1-21-12-10-18(11-13-22-2)14-17(20)19-9-5-7-15-6-3-4-8-16(15)19/h3-4,6,8H,5,7,9-14H2,1-2H3. The smallest absolute Gasteiger partial charge is 0.241 e. The van der Waals surface area contributed by atoms with Crippen LogP contribution in [0.25, 0.3) is 0 Å². The van der Waals surface area contributed by atoms with Crippen LogP contribution in [0.5, 0.6) is 0 Å². The van der Waals surface area contributed by atoms with E-state index < -0.39 is 0 Å². The Morgan fingerprint density at radius 2 is 1.86 bits per heavy atom. The van der Waals surface area contributed by atoms with Crippen molar-refractivity contribution >= 4 is 11.6 Å². The maximum atomic E-state index is 12.7. The third-order valence-corrected chi connectivity index (χ3v) is 3.99. The van der Waals surface area contributed by atoms with Crippen molar-refractivity contribution < 1.29 is 14.3 Å². The predicted molar refractivity (Wildman–Crippen MR) is 87.3 cm³/mol. The molecule has 22 heavy (non-hydrogen) atoms. The summed E-state index contributed by atoms with van der Waals surface area (Å²) < 4.78 is 10.3. The number of nitrogens with zero attached hydrogens (tertiary/aromatic N) is 2. The number of hydrogen-bond acceptors (Lipinski definition) is 4. The fourth-order valence-electron chi connectivity index (χ4n) is 2.78. The fourth-order valence-corrected chi connectivity index (χ4v) is 2.78. The largest absolute Gasteiger partial charge is 0.383 e. The molecule has 1 aromatic rings. The number of anilines is 1. The van der Waals surface area contributed by atoms with Crippen molar-refractivity contribution in [1.82, 2.24) is 4.90 Å². The minimum Gasteiger partial charge on any atom is -0.383 e. The molecule has 0 aromatic heterocycles. The summed E-state index contributed by atoms with van der Waals surface area (Å²) in [5, 5.41) is 0. The van der Waals surface area contributed by atoms with Crippen LogP contribution in [0.2, 0.25) is 0 Å². The summed E-state index contributed by atoms with van der Waals surface area (Å²) in [6.45, 7) is 3.92. The number of carbonyl (C=O) groups excluding carboxylic acids is 1. The summed E-state index contributed by atoms with van der Waals surface area (Å²) in [5.41, 5.74) is 2.33. The van der Waals surface area contributed by atoms with Gasteiger partial charge in [-0.1, -0.05) is 18.2 Å². The Hall–Kier alpha value is -1.43. The Morgan fingerprint density at radius 1 is 1.18 bits per heavy atom. The van der Waals surface area contributed by atoms with E-state index >= 15 is 0 Å². The van der Waals surface area contributed by atoms with Gasteiger partial charge >= 0.3 is 0 Å². The minimum absolute atomic E-state index is 0.152. The van der Waals surface area contributed by atoms with E-state index in [-0.39, 0.29) is 5.91 Å². The second-order valence-corrected chi connectivity index (χ2v) is 5.54. The normalized spacial score (nSPS) is 14.2. The van der Waals surface area contributed by atoms with E-state index in [1.54, 1.807) is 14.2 Å². The first kappa shape index (κ1) is 16.9. The lowest BCUT2D eigenvalue weighted by molar-refractivity contribution is -0.120. The summed E-state index contributed by atoms with van der Waals surface area (Å²) in [6, 6.07) is 8.19. The molecule has 0 atom stereocenters. The molecule has 1 aliphatic rings. The predicted octanol–water partition coefficient (Wildman–Crippen LogP) is 1.56. The van der Waals surface area contributed by atoms with E-state index in [2.05, 4.69) is 11.0 Å². The molecule has 1 aliphatic heterocycles. The van der Waals surface area contributed by atoms with E-state index in [0.29, 0.717) is 19.8 Å². The molecule has 5 heteroatoms. The number of rotatable bonds is 8. The average molecular weight is 306 g/mol. The van der Waals surface area contributed by atoms with Gasteiger partial charge in [-0.15, -0.1) is 0 Å². The van der Waals surface area contributed by atoms with Gasteiger partial charge in [0.15, 0.2) is 0 Å². The van der Waals surface area contributed by atoms with E-state index in [4.69, 9.17) is 9.47 Å². The van der Waals surface area contributed by atoms with E-state index in [1.165, 1.54) is 5.56 Å². The van der Waals surface area contributed by atoms with Crippen molar-refractivity contribution in [2.75, 3.05) is 58.5 Å². The Morgan fingerprint density at radius 3 is 2.55 bits per heavy atom. The summed E-state index contributed by atoms with van der Waals surface area (Å²) in [7, 11) is 3.36. The van der Waals surface area contributed by atoms with Crippen LogP contribution >= 0.6 is 0 Å². The number of para-hydroxylation sites is 1. The topological polar surface area (TPSA) is 42.0 Å². The zero-order valence-corrected chi connectivity index (χ0v) is 13.6. The van der Waals surface area contributed by atoms with Crippen molar-refractivity contribution in [3.63, 3.8) is 0 Å². The van der Waals surface area contributed by atoms with Crippen LogP contribution in [-0.4, -0.2) is 64.4 Å². The lowest BCUT2D eigenvalue weighted by atomic mass is 10.0. The molecule has 1 amide bonds. The SMILES string of the molecule is COCCN(CCOC)CC(=O)N1CCCc2ccccc21. The average Bonchev–Trinajstić information content (AvgIpc) is 2.56. The first-order chi connectivity index (χ1) is 10.8. The molecule has 2 rings (SSSR count). The summed E-state index contributed by atoms with van der Waals surface area (Å²) >= 11 is 0. The van der Waals surface area contributed by atoms with Crippen LogP contribution in [0, 0.1) is 0 Å². The molecule has 1 aromatic carbocycles. The highest BCUT2D eigenvalue weighted by Gasteiger charge is 2.23. The van der Waals surface area contributed by atoms with E-state index in [1.807, 2.05) is 23.1 Å². The Balaban J connectivity index is 2.00. The summed E-state index contributed by atoms with van der Waals surface area (Å²) in [5.74, 6) is 0.152. The molecule has 0 N–H and O–H groups in total. The zero-order valence-electron chi connectivity index (χ0n) is 13.6. The lowest BCUT2D eigenvalue weighted by Crippen LogP contribution is -2.44. The molecule has 0 aliphatic carbocycles. The fraction of sp³-hybridized carbons (Fsp3) is 0.588. The monoisotopic (exact) mass is 306 g/mol. The second kappa shape index (κ2) is 8.88. The molecule has 0 radical (unpaired) electrons. The number of ether oxygens (including phenoxy) is 2. The maximum Gasteiger partial charge on any atom is 0.241 e. The molecule has 0 saturated carbocycles. The van der Waals surface area contributed by atoms with Crippen molar-refractivity contribution in [3.8, 4) is 0 Å². The van der Waals surface area contributed by atoms with Gasteiger partial charge in [0.1, 0.15) is 0 Å². The molecule has 0 fully saturated rings. The van der Waals surface area contributed by atoms with Gasteiger partial charge in [0, 0.05) is 39.5 Å². The third kappa shape index (κ3) is 4.53. The van der Waals surface area contributed by atoms with Gasteiger partial charge < -0.3 is 14.4 Å². The van der Waals surface area contributed by atoms with Crippen LogP contribution in [0.15, 0.2) is 24.3 Å². The highest BCUT2D eigenvalue weighted by molar-refractivity contribution is 5.95. The highest BCUT2D eigenvalue weighted by atomic mass is 16.5. The third-order valence-electron chi connectivity index (χ3n) is 3.99. The molecule has 0 bridgehead atoms. The van der Waals surface area contributed by atoms with Crippen molar-refractivity contribution in [1.29, 1.82) is 0 Å². The van der Waals surface area contributed by atoms with Crippen molar-refractivity contribution in [3.05, 3.63) is 29.8 Å².